The fraction of sp³-hybridized carbons (Fsp3) is 0.667. The normalized spacial score (nSPS) is 37.8. The van der Waals surface area contributed by atoms with Crippen LogP contribution in [0.5, 0.6) is 5.75 Å². The van der Waals surface area contributed by atoms with Crippen molar-refractivity contribution in [2.24, 2.45) is 11.1 Å². The first-order chi connectivity index (χ1) is 14.5. The number of anilines is 1. The molecule has 3 aliphatic heterocycles. The van der Waals surface area contributed by atoms with E-state index in [0.29, 0.717) is 0 Å². The van der Waals surface area contributed by atoms with Crippen LogP contribution in [0.2, 0.25) is 0 Å². The highest BCUT2D eigenvalue weighted by Gasteiger charge is 2.72. The molecule has 30 heavy (non-hydrogen) atoms. The third kappa shape index (κ3) is 2.70. The second kappa shape index (κ2) is 8.50. The van der Waals surface area contributed by atoms with Gasteiger partial charge >= 0.3 is 0 Å². The van der Waals surface area contributed by atoms with Crippen LogP contribution < -0.4 is 15.4 Å². The summed E-state index contributed by atoms with van der Waals surface area (Å²) in [6.07, 6.45) is 4.69. The van der Waals surface area contributed by atoms with Crippen LogP contribution in [0.25, 0.3) is 0 Å². The lowest BCUT2D eigenvalue weighted by molar-refractivity contribution is -0.139. The van der Waals surface area contributed by atoms with Gasteiger partial charge in [-0.1, -0.05) is 39.0 Å². The maximum atomic E-state index is 11.3. The van der Waals surface area contributed by atoms with Gasteiger partial charge in [0.05, 0.1) is 19.3 Å². The summed E-state index contributed by atoms with van der Waals surface area (Å²) in [4.78, 5) is 4.71. The summed E-state index contributed by atoms with van der Waals surface area (Å²) in [5.41, 5.74) is 6.38. The molecular formula is C24H39N3O3. The molecule has 6 unspecified atom stereocenters. The molecule has 0 amide bonds. The number of rotatable bonds is 2. The van der Waals surface area contributed by atoms with Crippen molar-refractivity contribution in [1.82, 2.24) is 4.90 Å². The molecule has 4 N–H and O–H groups in total. The molecule has 1 aliphatic carbocycles. The number of ether oxygens (including phenoxy) is 1. The van der Waals surface area contributed by atoms with Crippen LogP contribution in [0.4, 0.5) is 5.69 Å². The summed E-state index contributed by atoms with van der Waals surface area (Å²) in [6, 6.07) is 6.41. The standard InChI is InChI=1S/C21H28N2O3.C2H6.CH5N/c1-4-20-8-5-10-23-11-9-21(19(20)23)14-7-6-13(26-3)12-15(14)22(2)17(21)16(24)18(20)25;2*1-2/h5-8,12,16-19,24-25H,4,9-11H2,1-3H3;1-2H3;2H2,1H3. The van der Waals surface area contributed by atoms with E-state index in [1.54, 1.807) is 7.11 Å². The number of fused-ring (bicyclic) bond motifs is 1. The Balaban J connectivity index is 0.000000606. The minimum absolute atomic E-state index is 0.110. The molecule has 168 valence electrons. The number of nitrogens with two attached hydrogens (primary N) is 1. The summed E-state index contributed by atoms with van der Waals surface area (Å²) < 4.78 is 5.45. The van der Waals surface area contributed by atoms with Crippen molar-refractivity contribution >= 4 is 5.69 Å². The van der Waals surface area contributed by atoms with Crippen molar-refractivity contribution in [3.8, 4) is 5.75 Å². The third-order valence-corrected chi connectivity index (χ3v) is 7.78. The fourth-order valence-corrected chi connectivity index (χ4v) is 6.81. The minimum Gasteiger partial charge on any atom is -0.497 e. The van der Waals surface area contributed by atoms with Crippen molar-refractivity contribution in [3.05, 3.63) is 35.9 Å². The Morgan fingerprint density at radius 1 is 1.23 bits per heavy atom. The number of nitrogens with zero attached hydrogens (tertiary/aromatic N) is 2. The summed E-state index contributed by atoms with van der Waals surface area (Å²) in [5, 5.41) is 22.5. The molecule has 6 atom stereocenters. The van der Waals surface area contributed by atoms with E-state index >= 15 is 0 Å². The number of methoxy groups -OCH3 is 1. The molecule has 2 fully saturated rings. The molecule has 1 saturated carbocycles. The van der Waals surface area contributed by atoms with Crippen molar-refractivity contribution in [3.63, 3.8) is 0 Å². The van der Waals surface area contributed by atoms with Crippen LogP contribution >= 0.6 is 0 Å². The maximum absolute atomic E-state index is 11.3. The predicted octanol–water partition coefficient (Wildman–Crippen LogP) is 2.13. The lowest BCUT2D eigenvalue weighted by Gasteiger charge is -2.60. The monoisotopic (exact) mass is 417 g/mol. The van der Waals surface area contributed by atoms with Gasteiger partial charge in [0.1, 0.15) is 11.9 Å². The zero-order valence-corrected chi connectivity index (χ0v) is 19.3. The average molecular weight is 418 g/mol. The van der Waals surface area contributed by atoms with Gasteiger partial charge in [-0.15, -0.1) is 0 Å². The lowest BCUT2D eigenvalue weighted by atomic mass is 9.51. The van der Waals surface area contributed by atoms with E-state index < -0.39 is 17.6 Å². The van der Waals surface area contributed by atoms with Gasteiger partial charge in [0.15, 0.2) is 0 Å². The Hall–Kier alpha value is -1.60. The van der Waals surface area contributed by atoms with Crippen LogP contribution in [0.3, 0.4) is 0 Å². The van der Waals surface area contributed by atoms with Gasteiger partial charge in [-0.3, -0.25) is 4.90 Å². The topological polar surface area (TPSA) is 82.2 Å². The molecule has 6 heteroatoms. The molecule has 5 rings (SSSR count). The molecule has 0 aromatic heterocycles. The van der Waals surface area contributed by atoms with E-state index in [2.05, 4.69) is 46.7 Å². The largest absolute Gasteiger partial charge is 0.497 e. The van der Waals surface area contributed by atoms with Gasteiger partial charge in [-0.25, -0.2) is 0 Å². The third-order valence-electron chi connectivity index (χ3n) is 7.78. The van der Waals surface area contributed by atoms with Crippen LogP contribution in [-0.4, -0.2) is 73.7 Å². The lowest BCUT2D eigenvalue weighted by Crippen LogP contribution is -2.73. The number of aliphatic hydroxyl groups is 2. The van der Waals surface area contributed by atoms with Crippen molar-refractivity contribution in [2.75, 3.05) is 39.2 Å². The zero-order chi connectivity index (χ0) is 22.3. The van der Waals surface area contributed by atoms with Gasteiger partial charge in [-0.05, 0) is 38.1 Å². The highest BCUT2D eigenvalue weighted by atomic mass is 16.5. The van der Waals surface area contributed by atoms with Crippen molar-refractivity contribution in [2.45, 2.75) is 63.3 Å². The fourth-order valence-electron chi connectivity index (χ4n) is 6.81. The van der Waals surface area contributed by atoms with E-state index in [-0.39, 0.29) is 17.5 Å². The number of hydrogen-bond donors (Lipinski definition) is 3. The Morgan fingerprint density at radius 2 is 1.93 bits per heavy atom. The Kier molecular flexibility index (Phi) is 6.54. The van der Waals surface area contributed by atoms with Gasteiger partial charge in [0.2, 0.25) is 0 Å². The maximum Gasteiger partial charge on any atom is 0.120 e. The number of hydrogen-bond acceptors (Lipinski definition) is 6. The van der Waals surface area contributed by atoms with E-state index in [1.165, 1.54) is 12.6 Å². The summed E-state index contributed by atoms with van der Waals surface area (Å²) in [5.74, 6) is 0.834. The molecule has 6 nitrogen and oxygen atoms in total. The first kappa shape index (κ1) is 23.1. The molecule has 0 bridgehead atoms. The van der Waals surface area contributed by atoms with Gasteiger partial charge < -0.3 is 25.6 Å². The Labute approximate surface area is 181 Å². The molecule has 1 spiro atoms. The molecule has 1 aromatic rings. The quantitative estimate of drug-likeness (QED) is 0.640. The van der Waals surface area contributed by atoms with E-state index in [1.807, 2.05) is 27.0 Å². The van der Waals surface area contributed by atoms with Crippen molar-refractivity contribution in [1.29, 1.82) is 0 Å². The average Bonchev–Trinajstić information content (AvgIpc) is 3.31. The zero-order valence-electron chi connectivity index (χ0n) is 19.3. The second-order valence-corrected chi connectivity index (χ2v) is 8.43. The van der Waals surface area contributed by atoms with Gasteiger partial charge in [0.25, 0.3) is 0 Å². The van der Waals surface area contributed by atoms with Crippen LogP contribution in [0, 0.1) is 5.41 Å². The predicted molar refractivity (Wildman–Crippen MR) is 122 cm³/mol. The first-order valence-electron chi connectivity index (χ1n) is 11.3. The highest BCUT2D eigenvalue weighted by molar-refractivity contribution is 5.69. The van der Waals surface area contributed by atoms with Crippen LogP contribution in [0.1, 0.15) is 39.2 Å². The molecule has 0 radical (unpaired) electrons. The van der Waals surface area contributed by atoms with Gasteiger partial charge in [0, 0.05) is 42.2 Å². The minimum atomic E-state index is -0.780. The first-order valence-corrected chi connectivity index (χ1v) is 11.3. The summed E-state index contributed by atoms with van der Waals surface area (Å²) in [6.45, 7) is 8.08. The Morgan fingerprint density at radius 3 is 2.57 bits per heavy atom. The summed E-state index contributed by atoms with van der Waals surface area (Å²) >= 11 is 0. The molecule has 1 saturated heterocycles. The van der Waals surface area contributed by atoms with E-state index in [4.69, 9.17) is 4.74 Å². The van der Waals surface area contributed by atoms with Gasteiger partial charge in [-0.2, -0.15) is 0 Å². The number of likely N-dealkylation sites (N-methyl/N-ethyl adjacent to an activating group) is 1. The van der Waals surface area contributed by atoms with E-state index in [9.17, 15) is 10.2 Å². The summed E-state index contributed by atoms with van der Waals surface area (Å²) in [7, 11) is 5.24. The van der Waals surface area contributed by atoms with E-state index in [0.717, 1.165) is 37.4 Å². The SMILES string of the molecule is CC.CCC12C=CCN3CCC4(c5ccc(OC)cc5N(C)C4C(O)C1O)C32.CN. The molecule has 1 aromatic carbocycles. The Bertz CT molecular complexity index is 785. The van der Waals surface area contributed by atoms with Crippen LogP contribution in [0.15, 0.2) is 30.4 Å². The van der Waals surface area contributed by atoms with Crippen molar-refractivity contribution < 1.29 is 14.9 Å². The molecule has 4 aliphatic rings. The highest BCUT2D eigenvalue weighted by Crippen LogP contribution is 2.64. The number of aliphatic hydroxyl groups excluding tert-OH is 2. The smallest absolute Gasteiger partial charge is 0.120 e. The second-order valence-electron chi connectivity index (χ2n) is 8.43. The van der Waals surface area contributed by atoms with Crippen LogP contribution in [-0.2, 0) is 5.41 Å². The number of benzene rings is 1. The molecular weight excluding hydrogens is 378 g/mol. The molecule has 3 heterocycles.